The zero-order chi connectivity index (χ0) is 20.6. The molecule has 1 N–H and O–H groups in total. The Labute approximate surface area is 171 Å². The van der Waals surface area contributed by atoms with Crippen molar-refractivity contribution in [3.8, 4) is 0 Å². The summed E-state index contributed by atoms with van der Waals surface area (Å²) >= 11 is 1.49. The lowest BCUT2D eigenvalue weighted by molar-refractivity contribution is -0.140. The maximum absolute atomic E-state index is 12.8. The highest BCUT2D eigenvalue weighted by molar-refractivity contribution is 7.99. The van der Waals surface area contributed by atoms with E-state index in [9.17, 15) is 18.0 Å². The van der Waals surface area contributed by atoms with E-state index >= 15 is 0 Å². The summed E-state index contributed by atoms with van der Waals surface area (Å²) in [6.45, 7) is 2.21. The number of sulfonamides is 1. The third kappa shape index (κ3) is 6.49. The number of nitrogens with zero attached hydrogens (tertiary/aromatic N) is 1. The van der Waals surface area contributed by atoms with E-state index in [-0.39, 0.29) is 17.6 Å². The van der Waals surface area contributed by atoms with Crippen LogP contribution in [0.4, 0.5) is 5.69 Å². The number of ether oxygens (including phenoxy) is 1. The number of esters is 1. The van der Waals surface area contributed by atoms with Crippen LogP contribution < -0.4 is 5.32 Å². The van der Waals surface area contributed by atoms with Gasteiger partial charge in [-0.05, 0) is 37.5 Å². The SMILES string of the molecule is CCCS(=O)(=O)N1CCCCC1C(=O)Nc1cccc(SCCC(=O)OC)c1. The summed E-state index contributed by atoms with van der Waals surface area (Å²) in [5.74, 6) is 0.0810. The van der Waals surface area contributed by atoms with Crippen molar-refractivity contribution in [1.82, 2.24) is 4.31 Å². The number of hydrogen-bond acceptors (Lipinski definition) is 6. The molecule has 0 aliphatic carbocycles. The van der Waals surface area contributed by atoms with E-state index in [0.717, 1.165) is 17.7 Å². The van der Waals surface area contributed by atoms with Crippen molar-refractivity contribution in [3.63, 3.8) is 0 Å². The Morgan fingerprint density at radius 3 is 2.82 bits per heavy atom. The van der Waals surface area contributed by atoms with Gasteiger partial charge >= 0.3 is 5.97 Å². The number of amides is 1. The highest BCUT2D eigenvalue weighted by Gasteiger charge is 2.36. The summed E-state index contributed by atoms with van der Waals surface area (Å²) in [4.78, 5) is 24.9. The largest absolute Gasteiger partial charge is 0.469 e. The predicted molar refractivity (Wildman–Crippen MR) is 111 cm³/mol. The number of methoxy groups -OCH3 is 1. The zero-order valence-corrected chi connectivity index (χ0v) is 18.0. The van der Waals surface area contributed by atoms with Crippen LogP contribution in [0.5, 0.6) is 0 Å². The van der Waals surface area contributed by atoms with Gasteiger partial charge in [0.05, 0.1) is 19.3 Å². The molecule has 1 unspecified atom stereocenters. The molecule has 1 fully saturated rings. The molecular weight excluding hydrogens is 400 g/mol. The Morgan fingerprint density at radius 1 is 1.32 bits per heavy atom. The molecule has 0 radical (unpaired) electrons. The summed E-state index contributed by atoms with van der Waals surface area (Å²) in [6, 6.07) is 6.66. The molecule has 1 aliphatic rings. The fraction of sp³-hybridized carbons (Fsp3) is 0.579. The molecule has 1 aliphatic heterocycles. The van der Waals surface area contributed by atoms with Gasteiger partial charge in [0.1, 0.15) is 6.04 Å². The number of carbonyl (C=O) groups is 2. The van der Waals surface area contributed by atoms with Gasteiger partial charge < -0.3 is 10.1 Å². The summed E-state index contributed by atoms with van der Waals surface area (Å²) in [6.07, 6.45) is 2.98. The van der Waals surface area contributed by atoms with Crippen LogP contribution in [0.15, 0.2) is 29.2 Å². The summed E-state index contributed by atoms with van der Waals surface area (Å²) in [5.41, 5.74) is 0.617. The van der Waals surface area contributed by atoms with Crippen molar-refractivity contribution in [1.29, 1.82) is 0 Å². The first-order valence-corrected chi connectivity index (χ1v) is 12.1. The molecule has 1 aromatic carbocycles. The second-order valence-electron chi connectivity index (χ2n) is 6.63. The number of hydrogen-bond donors (Lipinski definition) is 1. The second kappa shape index (κ2) is 10.8. The molecule has 7 nitrogen and oxygen atoms in total. The normalized spacial score (nSPS) is 17.9. The molecular formula is C19H28N2O5S2. The molecule has 28 heavy (non-hydrogen) atoms. The quantitative estimate of drug-likeness (QED) is 0.480. The summed E-state index contributed by atoms with van der Waals surface area (Å²) < 4.78 is 31.0. The summed E-state index contributed by atoms with van der Waals surface area (Å²) in [7, 11) is -2.07. The van der Waals surface area contributed by atoms with Gasteiger partial charge in [-0.1, -0.05) is 19.4 Å². The van der Waals surface area contributed by atoms with Crippen molar-refractivity contribution in [2.24, 2.45) is 0 Å². The van der Waals surface area contributed by atoms with Crippen LogP contribution >= 0.6 is 11.8 Å². The Morgan fingerprint density at radius 2 is 2.11 bits per heavy atom. The van der Waals surface area contributed by atoms with Crippen LogP contribution in [0.1, 0.15) is 39.0 Å². The third-order valence-electron chi connectivity index (χ3n) is 4.48. The van der Waals surface area contributed by atoms with Gasteiger partial charge in [0.25, 0.3) is 0 Å². The van der Waals surface area contributed by atoms with Crippen LogP contribution in [0.2, 0.25) is 0 Å². The molecule has 0 aromatic heterocycles. The Hall–Kier alpha value is -1.58. The average Bonchev–Trinajstić information content (AvgIpc) is 2.68. The minimum atomic E-state index is -3.43. The molecule has 0 bridgehead atoms. The Bertz CT molecular complexity index is 782. The lowest BCUT2D eigenvalue weighted by Crippen LogP contribution is -2.50. The van der Waals surface area contributed by atoms with Crippen molar-refractivity contribution in [2.45, 2.75) is 50.0 Å². The van der Waals surface area contributed by atoms with Gasteiger partial charge in [-0.25, -0.2) is 8.42 Å². The van der Waals surface area contributed by atoms with Crippen LogP contribution in [-0.4, -0.2) is 55.8 Å². The van der Waals surface area contributed by atoms with Crippen LogP contribution in [0.25, 0.3) is 0 Å². The minimum Gasteiger partial charge on any atom is -0.469 e. The molecule has 1 amide bonds. The molecule has 0 saturated carbocycles. The maximum Gasteiger partial charge on any atom is 0.306 e. The number of nitrogens with one attached hydrogen (secondary N) is 1. The number of carbonyl (C=O) groups excluding carboxylic acids is 2. The van der Waals surface area contributed by atoms with Crippen molar-refractivity contribution in [3.05, 3.63) is 24.3 Å². The molecule has 156 valence electrons. The highest BCUT2D eigenvalue weighted by Crippen LogP contribution is 2.25. The third-order valence-corrected chi connectivity index (χ3v) is 7.55. The van der Waals surface area contributed by atoms with Crippen LogP contribution in [-0.2, 0) is 24.3 Å². The van der Waals surface area contributed by atoms with Gasteiger partial charge in [-0.2, -0.15) is 4.31 Å². The van der Waals surface area contributed by atoms with Gasteiger partial charge in [0.2, 0.25) is 15.9 Å². The predicted octanol–water partition coefficient (Wildman–Crippen LogP) is 2.87. The molecule has 1 saturated heterocycles. The number of piperidine rings is 1. The van der Waals surface area contributed by atoms with Crippen molar-refractivity contribution >= 4 is 39.3 Å². The van der Waals surface area contributed by atoms with Gasteiger partial charge in [0.15, 0.2) is 0 Å². The van der Waals surface area contributed by atoms with Crippen LogP contribution in [0.3, 0.4) is 0 Å². The smallest absolute Gasteiger partial charge is 0.306 e. The number of rotatable bonds is 9. The van der Waals surface area contributed by atoms with E-state index in [0.29, 0.717) is 37.2 Å². The van der Waals surface area contributed by atoms with E-state index < -0.39 is 16.1 Å². The molecule has 1 heterocycles. The van der Waals surface area contributed by atoms with E-state index in [4.69, 9.17) is 0 Å². The van der Waals surface area contributed by atoms with Crippen LogP contribution in [0, 0.1) is 0 Å². The average molecular weight is 429 g/mol. The number of thioether (sulfide) groups is 1. The topological polar surface area (TPSA) is 92.8 Å². The Kier molecular flexibility index (Phi) is 8.78. The zero-order valence-electron chi connectivity index (χ0n) is 16.3. The first-order chi connectivity index (χ1) is 13.4. The van der Waals surface area contributed by atoms with Gasteiger partial charge in [0, 0.05) is 22.9 Å². The van der Waals surface area contributed by atoms with E-state index in [1.807, 2.05) is 25.1 Å². The standard InChI is InChI=1S/C19H28N2O5S2/c1-3-13-28(24,25)21-11-5-4-9-17(21)19(23)20-15-7-6-8-16(14-15)27-12-10-18(22)26-2/h6-8,14,17H,3-5,9-13H2,1-2H3,(H,20,23). The van der Waals surface area contributed by atoms with Crippen molar-refractivity contribution in [2.75, 3.05) is 30.5 Å². The monoisotopic (exact) mass is 428 g/mol. The van der Waals surface area contributed by atoms with Crippen molar-refractivity contribution < 1.29 is 22.7 Å². The first-order valence-electron chi connectivity index (χ1n) is 9.47. The molecule has 2 rings (SSSR count). The summed E-state index contributed by atoms with van der Waals surface area (Å²) in [5, 5.41) is 2.86. The lowest BCUT2D eigenvalue weighted by atomic mass is 10.0. The van der Waals surface area contributed by atoms with Gasteiger partial charge in [-0.15, -0.1) is 11.8 Å². The molecule has 1 atom stereocenters. The van der Waals surface area contributed by atoms with E-state index in [1.165, 1.54) is 23.2 Å². The number of anilines is 1. The molecule has 9 heteroatoms. The maximum atomic E-state index is 12.8. The molecule has 1 aromatic rings. The van der Waals surface area contributed by atoms with E-state index in [1.54, 1.807) is 6.07 Å². The minimum absolute atomic E-state index is 0.0586. The first kappa shape index (κ1) is 22.7. The van der Waals surface area contributed by atoms with E-state index in [2.05, 4.69) is 10.1 Å². The Balaban J connectivity index is 2.02. The van der Waals surface area contributed by atoms with Gasteiger partial charge in [-0.3, -0.25) is 9.59 Å². The molecule has 0 spiro atoms. The lowest BCUT2D eigenvalue weighted by Gasteiger charge is -2.33. The highest BCUT2D eigenvalue weighted by atomic mass is 32.2. The fourth-order valence-electron chi connectivity index (χ4n) is 3.12. The fourth-order valence-corrected chi connectivity index (χ4v) is 5.75. The number of benzene rings is 1. The second-order valence-corrected chi connectivity index (χ2v) is 9.84.